The van der Waals surface area contributed by atoms with Crippen LogP contribution in [0, 0.1) is 29.4 Å². The van der Waals surface area contributed by atoms with Crippen LogP contribution >= 0.6 is 0 Å². The highest BCUT2D eigenvalue weighted by Crippen LogP contribution is 2.47. The van der Waals surface area contributed by atoms with Crippen molar-refractivity contribution in [3.05, 3.63) is 53.6 Å². The second kappa shape index (κ2) is 13.2. The quantitative estimate of drug-likeness (QED) is 0.158. The molecule has 4 aromatic rings. The minimum Gasteiger partial charge on any atom is -0.468 e. The number of halogens is 2. The maximum Gasteiger partial charge on any atom is 0.319 e. The van der Waals surface area contributed by atoms with Crippen molar-refractivity contribution in [3.63, 3.8) is 0 Å². The van der Waals surface area contributed by atoms with Crippen molar-refractivity contribution in [2.45, 2.75) is 44.6 Å². The largest absolute Gasteiger partial charge is 0.468 e. The summed E-state index contributed by atoms with van der Waals surface area (Å²) in [4.78, 5) is 14.2. The zero-order valence-corrected chi connectivity index (χ0v) is 27.0. The Hall–Kier alpha value is -4.04. The molecule has 0 bridgehead atoms. The Labute approximate surface area is 274 Å². The molecule has 1 saturated carbocycles. The Morgan fingerprint density at radius 3 is 2.72 bits per heavy atom. The van der Waals surface area contributed by atoms with Gasteiger partial charge in [-0.05, 0) is 80.9 Å². The highest BCUT2D eigenvalue weighted by molar-refractivity contribution is 6.04. The van der Waals surface area contributed by atoms with Gasteiger partial charge in [0.2, 0.25) is 0 Å². The van der Waals surface area contributed by atoms with E-state index in [2.05, 4.69) is 22.8 Å². The maximum atomic E-state index is 17.1. The van der Waals surface area contributed by atoms with Crippen LogP contribution in [0.1, 0.15) is 44.1 Å². The van der Waals surface area contributed by atoms with Gasteiger partial charge in [-0.2, -0.15) is 9.97 Å². The summed E-state index contributed by atoms with van der Waals surface area (Å²) in [7, 11) is 3.71. The number of ether oxygens (including phenoxy) is 4. The van der Waals surface area contributed by atoms with E-state index in [1.807, 2.05) is 6.07 Å². The fourth-order valence-electron chi connectivity index (χ4n) is 7.96. The summed E-state index contributed by atoms with van der Waals surface area (Å²) in [6.45, 7) is 4.07. The number of piperidine rings is 1. The lowest BCUT2D eigenvalue weighted by Gasteiger charge is -2.44. The molecule has 1 aliphatic carbocycles. The van der Waals surface area contributed by atoms with Crippen LogP contribution in [-0.4, -0.2) is 81.3 Å². The maximum absolute atomic E-state index is 17.1. The molecular weight excluding hydrogens is 602 g/mol. The highest BCUT2D eigenvalue weighted by atomic mass is 19.1. The van der Waals surface area contributed by atoms with Gasteiger partial charge >= 0.3 is 6.01 Å². The third-order valence-corrected chi connectivity index (χ3v) is 10.2. The molecule has 0 spiro atoms. The van der Waals surface area contributed by atoms with E-state index in [0.717, 1.165) is 45.1 Å². The average Bonchev–Trinajstić information content (AvgIpc) is 3.34. The lowest BCUT2D eigenvalue weighted by atomic mass is 9.76. The first kappa shape index (κ1) is 31.6. The Morgan fingerprint density at radius 2 is 1.87 bits per heavy atom. The zero-order chi connectivity index (χ0) is 32.5. The first-order chi connectivity index (χ1) is 22.9. The molecule has 0 unspecified atom stereocenters. The van der Waals surface area contributed by atoms with Gasteiger partial charge in [-0.3, -0.25) is 0 Å². The molecule has 3 heterocycles. The zero-order valence-electron chi connectivity index (χ0n) is 27.0. The van der Waals surface area contributed by atoms with E-state index in [9.17, 15) is 0 Å². The van der Waals surface area contributed by atoms with Crippen LogP contribution < -0.4 is 14.4 Å². The summed E-state index contributed by atoms with van der Waals surface area (Å²) >= 11 is 0. The van der Waals surface area contributed by atoms with Gasteiger partial charge in [-0.25, -0.2) is 8.78 Å². The van der Waals surface area contributed by atoms with Crippen LogP contribution in [-0.2, 0) is 9.47 Å². The van der Waals surface area contributed by atoms with E-state index in [1.54, 1.807) is 24.3 Å². The third-order valence-electron chi connectivity index (χ3n) is 10.2. The molecule has 2 saturated heterocycles. The number of aromatic nitrogens is 2. The molecule has 7 rings (SSSR count). The Morgan fingerprint density at radius 1 is 1.00 bits per heavy atom. The van der Waals surface area contributed by atoms with Gasteiger partial charge in [0.25, 0.3) is 0 Å². The highest BCUT2D eigenvalue weighted by Gasteiger charge is 2.47. The van der Waals surface area contributed by atoms with Gasteiger partial charge in [-0.15, -0.1) is 6.42 Å². The molecule has 8 nitrogen and oxygen atoms in total. The van der Waals surface area contributed by atoms with Crippen LogP contribution in [0.15, 0.2) is 36.4 Å². The van der Waals surface area contributed by atoms with E-state index in [1.165, 1.54) is 13.2 Å². The number of nitrogens with zero attached hydrogens (tertiary/aromatic N) is 4. The number of anilines is 1. The van der Waals surface area contributed by atoms with Crippen molar-refractivity contribution in [1.82, 2.24) is 14.9 Å². The van der Waals surface area contributed by atoms with Crippen molar-refractivity contribution >= 4 is 27.5 Å². The molecule has 3 aliphatic rings. The van der Waals surface area contributed by atoms with Gasteiger partial charge in [0, 0.05) is 54.6 Å². The van der Waals surface area contributed by atoms with E-state index >= 15 is 8.78 Å². The van der Waals surface area contributed by atoms with Crippen LogP contribution in [0.25, 0.3) is 32.8 Å². The summed E-state index contributed by atoms with van der Waals surface area (Å²) in [5, 5.41) is 1.59. The lowest BCUT2D eigenvalue weighted by Crippen LogP contribution is -2.50. The normalized spacial score (nSPS) is 21.9. The molecule has 0 radical (unpaired) electrons. The van der Waals surface area contributed by atoms with Crippen LogP contribution in [0.5, 0.6) is 11.8 Å². The topological polar surface area (TPSA) is 69.2 Å². The molecule has 10 heteroatoms. The number of hydrogen-bond donors (Lipinski definition) is 0. The fraction of sp³-hybridized carbons (Fsp3) is 0.459. The van der Waals surface area contributed by atoms with Gasteiger partial charge < -0.3 is 28.7 Å². The summed E-state index contributed by atoms with van der Waals surface area (Å²) < 4.78 is 55.1. The standard InChI is InChI=1S/C37H40F2N4O4/c1-4-26-30(38)12-9-24-20-25(47-23-44-3)21-29(32(24)26)27-10-11-28-34(33(27)39)40-36(41-35(28)43-16-7-18-45-19-17-43)46-22-37-13-5-8-31(37)42(2)15-6-14-37/h1,9-12,20-21,31H,5-8,13-19,22-23H2,2-3H3/t31-,37-/m1/s1. The molecule has 3 fully saturated rings. The van der Waals surface area contributed by atoms with Gasteiger partial charge in [0.05, 0.1) is 18.8 Å². The summed E-state index contributed by atoms with van der Waals surface area (Å²) in [5.41, 5.74) is 0.813. The molecule has 2 aliphatic heterocycles. The summed E-state index contributed by atoms with van der Waals surface area (Å²) in [6, 6.07) is 10.4. The molecule has 2 atom stereocenters. The monoisotopic (exact) mass is 642 g/mol. The van der Waals surface area contributed by atoms with Crippen molar-refractivity contribution in [2.75, 3.05) is 65.3 Å². The first-order valence-electron chi connectivity index (χ1n) is 16.4. The van der Waals surface area contributed by atoms with Gasteiger partial charge in [0.15, 0.2) is 12.6 Å². The van der Waals surface area contributed by atoms with Gasteiger partial charge in [0.1, 0.15) is 22.9 Å². The Balaban J connectivity index is 1.38. The Bertz CT molecular complexity index is 1840. The minimum atomic E-state index is -0.575. The van der Waals surface area contributed by atoms with E-state index in [4.69, 9.17) is 35.3 Å². The number of fused-ring (bicyclic) bond motifs is 3. The number of hydrogen-bond acceptors (Lipinski definition) is 8. The summed E-state index contributed by atoms with van der Waals surface area (Å²) in [6.07, 6.45) is 12.2. The van der Waals surface area contributed by atoms with Crippen molar-refractivity contribution in [1.29, 1.82) is 0 Å². The second-order valence-corrected chi connectivity index (χ2v) is 12.9. The number of rotatable bonds is 8. The smallest absolute Gasteiger partial charge is 0.319 e. The molecule has 246 valence electrons. The van der Waals surface area contributed by atoms with E-state index in [-0.39, 0.29) is 34.9 Å². The first-order valence-corrected chi connectivity index (χ1v) is 16.4. The predicted octanol–water partition coefficient (Wildman–Crippen LogP) is 6.56. The SMILES string of the molecule is C#Cc1c(F)ccc2cc(OCOC)cc(-c3ccc4c(N5CCCOCC5)nc(OC[C@]56CCC[C@H]5N(C)CCC6)nc4c3F)c12. The molecule has 0 amide bonds. The van der Waals surface area contributed by atoms with Crippen LogP contribution in [0.4, 0.5) is 14.6 Å². The van der Waals surface area contributed by atoms with Crippen molar-refractivity contribution in [2.24, 2.45) is 5.41 Å². The molecule has 3 aromatic carbocycles. The Kier molecular flexibility index (Phi) is 8.88. The lowest BCUT2D eigenvalue weighted by molar-refractivity contribution is 0.0133. The average molecular weight is 643 g/mol. The molecular formula is C37H40F2N4O4. The number of terminal acetylenes is 1. The van der Waals surface area contributed by atoms with E-state index in [0.29, 0.717) is 72.2 Å². The van der Waals surface area contributed by atoms with Crippen molar-refractivity contribution < 1.29 is 27.7 Å². The number of benzene rings is 3. The second-order valence-electron chi connectivity index (χ2n) is 12.9. The predicted molar refractivity (Wildman–Crippen MR) is 178 cm³/mol. The summed E-state index contributed by atoms with van der Waals surface area (Å²) in [5.74, 6) is 2.38. The molecule has 0 N–H and O–H groups in total. The van der Waals surface area contributed by atoms with E-state index < -0.39 is 11.6 Å². The van der Waals surface area contributed by atoms with Crippen molar-refractivity contribution in [3.8, 4) is 35.2 Å². The molecule has 1 aromatic heterocycles. The van der Waals surface area contributed by atoms with Crippen LogP contribution in [0.2, 0.25) is 0 Å². The minimum absolute atomic E-state index is 0.0106. The third kappa shape index (κ3) is 5.86. The fourth-order valence-corrected chi connectivity index (χ4v) is 7.96. The van der Waals surface area contributed by atoms with Gasteiger partial charge in [-0.1, -0.05) is 24.5 Å². The number of methoxy groups -OCH3 is 1. The number of likely N-dealkylation sites (tertiary alicyclic amines) is 1. The molecule has 47 heavy (non-hydrogen) atoms. The van der Waals surface area contributed by atoms with Crippen LogP contribution in [0.3, 0.4) is 0 Å².